The maximum atomic E-state index is 12.7. The lowest BCUT2D eigenvalue weighted by atomic mass is 10.2. The number of rotatable bonds is 9. The number of aryl methyl sites for hydroxylation is 1. The van der Waals surface area contributed by atoms with Crippen molar-refractivity contribution in [3.05, 3.63) is 101 Å². The molecule has 7 nitrogen and oxygen atoms in total. The van der Waals surface area contributed by atoms with Crippen molar-refractivity contribution in [1.29, 1.82) is 0 Å². The smallest absolute Gasteiger partial charge is 0.339 e. The fourth-order valence-corrected chi connectivity index (χ4v) is 3.73. The molecule has 2 heterocycles. The lowest BCUT2D eigenvalue weighted by Crippen LogP contribution is -2.06. The summed E-state index contributed by atoms with van der Waals surface area (Å²) in [5.41, 5.74) is 2.23. The Morgan fingerprint density at radius 1 is 1.00 bits per heavy atom. The Morgan fingerprint density at radius 3 is 2.56 bits per heavy atom. The highest BCUT2D eigenvalue weighted by Crippen LogP contribution is 2.26. The molecule has 32 heavy (non-hydrogen) atoms. The van der Waals surface area contributed by atoms with Gasteiger partial charge in [0.05, 0.1) is 17.0 Å². The van der Waals surface area contributed by atoms with E-state index in [9.17, 15) is 4.79 Å². The Morgan fingerprint density at radius 2 is 1.81 bits per heavy atom. The fraction of sp³-hybridized carbons (Fsp3) is 0.167. The predicted octanol–water partition coefficient (Wildman–Crippen LogP) is 5.00. The average molecular weight is 448 g/mol. The highest BCUT2D eigenvalue weighted by atomic mass is 32.2. The van der Waals surface area contributed by atoms with Crippen molar-refractivity contribution in [2.24, 2.45) is 0 Å². The summed E-state index contributed by atoms with van der Waals surface area (Å²) < 4.78 is 16.4. The Labute approximate surface area is 189 Å². The van der Waals surface area contributed by atoms with Crippen molar-refractivity contribution >= 4 is 17.7 Å². The summed E-state index contributed by atoms with van der Waals surface area (Å²) >= 11 is 1.45. The van der Waals surface area contributed by atoms with Gasteiger partial charge >= 0.3 is 5.97 Å². The molecule has 162 valence electrons. The molecule has 4 rings (SSSR count). The van der Waals surface area contributed by atoms with Crippen LogP contribution in [0.25, 0.3) is 0 Å². The number of hydrogen-bond acceptors (Lipinski definition) is 8. The molecule has 0 amide bonds. The minimum atomic E-state index is -0.384. The van der Waals surface area contributed by atoms with Crippen molar-refractivity contribution < 1.29 is 18.8 Å². The first kappa shape index (κ1) is 21.6. The largest absolute Gasteiger partial charge is 0.487 e. The number of carbonyl (C=O) groups excluding carboxylic acids is 1. The van der Waals surface area contributed by atoms with Crippen LogP contribution in [0.3, 0.4) is 0 Å². The van der Waals surface area contributed by atoms with E-state index in [1.165, 1.54) is 11.8 Å². The summed E-state index contributed by atoms with van der Waals surface area (Å²) in [7, 11) is 0. The van der Waals surface area contributed by atoms with Gasteiger partial charge in [-0.2, -0.15) is 4.98 Å². The molecule has 0 spiro atoms. The SMILES string of the molecule is Cc1noc(CSc2ccccc2C(=O)OCc2ccc(OCc3ccccn3)cc2)n1. The molecule has 8 heteroatoms. The number of carbonyl (C=O) groups is 1. The summed E-state index contributed by atoms with van der Waals surface area (Å²) in [5.74, 6) is 1.92. The summed E-state index contributed by atoms with van der Waals surface area (Å²) in [6, 6.07) is 20.5. The molecule has 2 aromatic carbocycles. The van der Waals surface area contributed by atoms with E-state index in [1.54, 1.807) is 19.2 Å². The molecule has 0 atom stereocenters. The summed E-state index contributed by atoms with van der Waals surface area (Å²) in [6.07, 6.45) is 1.73. The number of aromatic nitrogens is 3. The van der Waals surface area contributed by atoms with Gasteiger partial charge in [0.15, 0.2) is 5.82 Å². The number of thioether (sulfide) groups is 1. The van der Waals surface area contributed by atoms with Crippen LogP contribution >= 0.6 is 11.8 Å². The van der Waals surface area contributed by atoms with Gasteiger partial charge in [-0.25, -0.2) is 4.79 Å². The molecule has 0 aliphatic carbocycles. The van der Waals surface area contributed by atoms with Crippen LogP contribution in [-0.2, 0) is 23.7 Å². The molecule has 0 radical (unpaired) electrons. The Balaban J connectivity index is 1.30. The van der Waals surface area contributed by atoms with Crippen molar-refractivity contribution in [1.82, 2.24) is 15.1 Å². The molecule has 0 saturated heterocycles. The highest BCUT2D eigenvalue weighted by Gasteiger charge is 2.14. The Kier molecular flexibility index (Phi) is 7.14. The maximum Gasteiger partial charge on any atom is 0.339 e. The number of esters is 1. The lowest BCUT2D eigenvalue weighted by Gasteiger charge is -2.10. The first-order valence-electron chi connectivity index (χ1n) is 9.97. The van der Waals surface area contributed by atoms with Crippen molar-refractivity contribution in [3.8, 4) is 5.75 Å². The third kappa shape index (κ3) is 5.95. The van der Waals surface area contributed by atoms with Gasteiger partial charge in [-0.15, -0.1) is 11.8 Å². The minimum absolute atomic E-state index is 0.168. The van der Waals surface area contributed by atoms with Gasteiger partial charge in [0.2, 0.25) is 5.89 Å². The van der Waals surface area contributed by atoms with Crippen LogP contribution < -0.4 is 4.74 Å². The van der Waals surface area contributed by atoms with Crippen molar-refractivity contribution in [2.45, 2.75) is 30.8 Å². The number of ether oxygens (including phenoxy) is 2. The molecular weight excluding hydrogens is 426 g/mol. The quantitative estimate of drug-likeness (QED) is 0.262. The second-order valence-electron chi connectivity index (χ2n) is 6.85. The number of benzene rings is 2. The second-order valence-corrected chi connectivity index (χ2v) is 7.87. The zero-order chi connectivity index (χ0) is 22.2. The van der Waals surface area contributed by atoms with Gasteiger partial charge in [0, 0.05) is 11.1 Å². The second kappa shape index (κ2) is 10.6. The van der Waals surface area contributed by atoms with E-state index in [-0.39, 0.29) is 12.6 Å². The minimum Gasteiger partial charge on any atom is -0.487 e. The van der Waals surface area contributed by atoms with Gasteiger partial charge in [-0.1, -0.05) is 35.5 Å². The van der Waals surface area contributed by atoms with E-state index in [0.29, 0.717) is 29.6 Å². The van der Waals surface area contributed by atoms with Crippen LogP contribution in [0.1, 0.15) is 33.3 Å². The van der Waals surface area contributed by atoms with E-state index < -0.39 is 0 Å². The molecule has 0 aliphatic rings. The first-order valence-corrected chi connectivity index (χ1v) is 11.0. The molecule has 0 unspecified atom stereocenters. The van der Waals surface area contributed by atoms with Gasteiger partial charge in [-0.05, 0) is 48.9 Å². The molecule has 0 aliphatic heterocycles. The zero-order valence-corrected chi connectivity index (χ0v) is 18.2. The van der Waals surface area contributed by atoms with Crippen LogP contribution in [0, 0.1) is 6.92 Å². The molecule has 2 aromatic heterocycles. The van der Waals surface area contributed by atoms with Crippen LogP contribution in [0.2, 0.25) is 0 Å². The Bertz CT molecular complexity index is 1160. The standard InChI is InChI=1S/C24H21N3O4S/c1-17-26-23(31-27-17)16-32-22-8-3-2-7-21(22)24(28)30-14-18-9-11-20(12-10-18)29-15-19-6-4-5-13-25-19/h2-13H,14-16H2,1H3. The zero-order valence-electron chi connectivity index (χ0n) is 17.4. The molecule has 4 aromatic rings. The molecule has 0 saturated carbocycles. The number of hydrogen-bond donors (Lipinski definition) is 0. The van der Waals surface area contributed by atoms with Crippen LogP contribution in [0.4, 0.5) is 0 Å². The summed E-state index contributed by atoms with van der Waals surface area (Å²) in [5, 5.41) is 3.78. The molecular formula is C24H21N3O4S. The van der Waals surface area contributed by atoms with E-state index in [1.807, 2.05) is 60.7 Å². The van der Waals surface area contributed by atoms with E-state index >= 15 is 0 Å². The highest BCUT2D eigenvalue weighted by molar-refractivity contribution is 7.98. The van der Waals surface area contributed by atoms with Crippen molar-refractivity contribution in [2.75, 3.05) is 0 Å². The van der Waals surface area contributed by atoms with Gasteiger partial charge < -0.3 is 14.0 Å². The van der Waals surface area contributed by atoms with Gasteiger partial charge in [0.25, 0.3) is 0 Å². The third-order valence-corrected chi connectivity index (χ3v) is 5.49. The van der Waals surface area contributed by atoms with E-state index in [0.717, 1.165) is 21.9 Å². The molecule has 0 bridgehead atoms. The van der Waals surface area contributed by atoms with E-state index in [4.69, 9.17) is 14.0 Å². The third-order valence-electron chi connectivity index (χ3n) is 4.43. The van der Waals surface area contributed by atoms with E-state index in [2.05, 4.69) is 15.1 Å². The van der Waals surface area contributed by atoms with Crippen LogP contribution in [0.5, 0.6) is 5.75 Å². The molecule has 0 N–H and O–H groups in total. The van der Waals surface area contributed by atoms with Gasteiger partial charge in [-0.3, -0.25) is 4.98 Å². The van der Waals surface area contributed by atoms with Crippen LogP contribution in [-0.4, -0.2) is 21.1 Å². The monoisotopic (exact) mass is 447 g/mol. The topological polar surface area (TPSA) is 87.3 Å². The van der Waals surface area contributed by atoms with Crippen molar-refractivity contribution in [3.63, 3.8) is 0 Å². The van der Waals surface area contributed by atoms with Gasteiger partial charge in [0.1, 0.15) is 19.0 Å². The lowest BCUT2D eigenvalue weighted by molar-refractivity contribution is 0.0468. The predicted molar refractivity (Wildman–Crippen MR) is 119 cm³/mol. The Hall–Kier alpha value is -3.65. The van der Waals surface area contributed by atoms with Crippen LogP contribution in [0.15, 0.2) is 82.3 Å². The number of nitrogens with zero attached hydrogens (tertiary/aromatic N) is 3. The summed E-state index contributed by atoms with van der Waals surface area (Å²) in [4.78, 5) is 21.9. The fourth-order valence-electron chi connectivity index (χ4n) is 2.85. The number of pyridine rings is 1. The first-order chi connectivity index (χ1) is 15.7. The molecule has 0 fully saturated rings. The normalized spacial score (nSPS) is 10.7. The summed E-state index contributed by atoms with van der Waals surface area (Å²) in [6.45, 7) is 2.33. The maximum absolute atomic E-state index is 12.7. The average Bonchev–Trinajstić information content (AvgIpc) is 3.26.